The van der Waals surface area contributed by atoms with Gasteiger partial charge in [0.1, 0.15) is 11.5 Å². The summed E-state index contributed by atoms with van der Waals surface area (Å²) < 4.78 is 33.4. The first-order valence-electron chi connectivity index (χ1n) is 14.5. The van der Waals surface area contributed by atoms with Gasteiger partial charge in [-0.3, -0.25) is 9.59 Å². The van der Waals surface area contributed by atoms with Crippen molar-refractivity contribution < 1.29 is 41.9 Å². The molecule has 232 valence electrons. The number of amides is 1. The van der Waals surface area contributed by atoms with Crippen LogP contribution in [-0.4, -0.2) is 59.8 Å². The number of carbonyl (C=O) groups excluding carboxylic acids is 3. The molecule has 0 aliphatic carbocycles. The monoisotopic (exact) mass is 603 g/mol. The minimum atomic E-state index is -2.75. The molecule has 0 radical (unpaired) electrons. The van der Waals surface area contributed by atoms with Gasteiger partial charge >= 0.3 is 26.8 Å². The summed E-state index contributed by atoms with van der Waals surface area (Å²) in [7, 11) is -2.75. The third-order valence-corrected chi connectivity index (χ3v) is 9.73. The maximum atomic E-state index is 12.4. The highest BCUT2D eigenvalue weighted by molar-refractivity contribution is 6.60. The number of hydrogen-bond donors (Lipinski definition) is 1. The summed E-state index contributed by atoms with van der Waals surface area (Å²) in [6.45, 7) is 12.7. The Bertz CT molecular complexity index is 1050. The molecule has 1 N–H and O–H groups in total. The molecule has 42 heavy (non-hydrogen) atoms. The summed E-state index contributed by atoms with van der Waals surface area (Å²) in [6, 6.07) is 15.3. The van der Waals surface area contributed by atoms with Crippen molar-refractivity contribution in [1.82, 2.24) is 5.32 Å². The van der Waals surface area contributed by atoms with E-state index in [1.807, 2.05) is 45.0 Å². The van der Waals surface area contributed by atoms with Gasteiger partial charge in [0, 0.05) is 51.7 Å². The van der Waals surface area contributed by atoms with E-state index in [-0.39, 0.29) is 18.5 Å². The second-order valence-electron chi connectivity index (χ2n) is 9.82. The first kappa shape index (κ1) is 34.9. The van der Waals surface area contributed by atoms with Crippen molar-refractivity contribution in [2.45, 2.75) is 72.3 Å². The molecule has 0 unspecified atom stereocenters. The summed E-state index contributed by atoms with van der Waals surface area (Å²) in [5, 5.41) is 2.80. The van der Waals surface area contributed by atoms with Crippen LogP contribution in [0, 0.1) is 0 Å². The van der Waals surface area contributed by atoms with Crippen LogP contribution in [0.1, 0.15) is 71.9 Å². The second-order valence-corrected chi connectivity index (χ2v) is 12.6. The highest BCUT2D eigenvalue weighted by Crippen LogP contribution is 2.38. The van der Waals surface area contributed by atoms with E-state index in [1.54, 1.807) is 24.3 Å². The maximum absolute atomic E-state index is 12.4. The standard InChI is InChI=1S/C31H45NO9Si/c1-7-37-42(38-8-2,39-9-3)23-11-21-32-30(35)36-22-10-20-31(6,26-12-16-28(17-13-26)40-24(4)33)27-14-18-29(19-15-27)41-25(5)34/h12-19H,7-11,20-23H2,1-6H3,(H,32,35). The molecule has 1 amide bonds. The van der Waals surface area contributed by atoms with Gasteiger partial charge in [0.15, 0.2) is 0 Å². The molecule has 0 aliphatic heterocycles. The van der Waals surface area contributed by atoms with E-state index in [0.717, 1.165) is 11.1 Å². The van der Waals surface area contributed by atoms with Crippen LogP contribution in [-0.2, 0) is 33.0 Å². The normalized spacial score (nSPS) is 11.6. The molecule has 0 heterocycles. The van der Waals surface area contributed by atoms with Crippen LogP contribution < -0.4 is 14.8 Å². The van der Waals surface area contributed by atoms with Gasteiger partial charge in [-0.15, -0.1) is 0 Å². The van der Waals surface area contributed by atoms with Crippen molar-refractivity contribution in [2.24, 2.45) is 0 Å². The highest BCUT2D eigenvalue weighted by atomic mass is 28.4. The van der Waals surface area contributed by atoms with Crippen LogP contribution >= 0.6 is 0 Å². The quantitative estimate of drug-likeness (QED) is 0.0978. The SMILES string of the molecule is CCO[Si](CCCNC(=O)OCCCC(C)(c1ccc(OC(C)=O)cc1)c1ccc(OC(C)=O)cc1)(OCC)OCC. The molecule has 2 rings (SSSR count). The van der Waals surface area contributed by atoms with Gasteiger partial charge < -0.3 is 32.8 Å². The predicted octanol–water partition coefficient (Wildman–Crippen LogP) is 5.79. The zero-order valence-corrected chi connectivity index (χ0v) is 26.7. The fourth-order valence-electron chi connectivity index (χ4n) is 4.71. The van der Waals surface area contributed by atoms with Crippen LogP contribution in [0.3, 0.4) is 0 Å². The van der Waals surface area contributed by atoms with Gasteiger partial charge in [0.2, 0.25) is 0 Å². The molecular formula is C31H45NO9Si. The summed E-state index contributed by atoms with van der Waals surface area (Å²) >= 11 is 0. The lowest BCUT2D eigenvalue weighted by Crippen LogP contribution is -2.46. The number of esters is 2. The zero-order valence-electron chi connectivity index (χ0n) is 25.7. The van der Waals surface area contributed by atoms with Crippen molar-refractivity contribution in [3.05, 3.63) is 59.7 Å². The van der Waals surface area contributed by atoms with E-state index in [0.29, 0.717) is 63.2 Å². The first-order valence-corrected chi connectivity index (χ1v) is 16.4. The Labute approximate surface area is 250 Å². The Kier molecular flexibility index (Phi) is 14.7. The lowest BCUT2D eigenvalue weighted by molar-refractivity contribution is -0.132. The van der Waals surface area contributed by atoms with Gasteiger partial charge in [0.25, 0.3) is 0 Å². The van der Waals surface area contributed by atoms with E-state index < -0.39 is 20.3 Å². The molecule has 0 saturated heterocycles. The van der Waals surface area contributed by atoms with Gasteiger partial charge in [0.05, 0.1) is 6.61 Å². The molecule has 11 heteroatoms. The fourth-order valence-corrected chi connectivity index (χ4v) is 7.32. The van der Waals surface area contributed by atoms with Crippen LogP contribution in [0.5, 0.6) is 11.5 Å². The molecule has 0 saturated carbocycles. The molecule has 0 aromatic heterocycles. The Morgan fingerprint density at radius 3 is 1.60 bits per heavy atom. The average molecular weight is 604 g/mol. The Morgan fingerprint density at radius 2 is 1.19 bits per heavy atom. The summed E-state index contributed by atoms with van der Waals surface area (Å²) in [4.78, 5) is 35.0. The third kappa shape index (κ3) is 11.2. The molecule has 10 nitrogen and oxygen atoms in total. The van der Waals surface area contributed by atoms with Crippen LogP contribution in [0.4, 0.5) is 4.79 Å². The van der Waals surface area contributed by atoms with E-state index in [1.165, 1.54) is 13.8 Å². The Morgan fingerprint density at radius 1 is 0.738 bits per heavy atom. The smallest absolute Gasteiger partial charge is 0.450 e. The lowest BCUT2D eigenvalue weighted by atomic mass is 9.73. The number of carbonyl (C=O) groups is 3. The maximum Gasteiger partial charge on any atom is 0.500 e. The molecule has 0 atom stereocenters. The van der Waals surface area contributed by atoms with E-state index in [2.05, 4.69) is 12.2 Å². The Balaban J connectivity index is 1.99. The predicted molar refractivity (Wildman–Crippen MR) is 161 cm³/mol. The number of nitrogens with one attached hydrogen (secondary N) is 1. The number of ether oxygens (including phenoxy) is 3. The Hall–Kier alpha value is -3.25. The minimum Gasteiger partial charge on any atom is -0.450 e. The number of alkyl carbamates (subject to hydrolysis) is 1. The fraction of sp³-hybridized carbons (Fsp3) is 0.516. The van der Waals surface area contributed by atoms with Gasteiger partial charge in [-0.1, -0.05) is 31.2 Å². The number of rotatable bonds is 18. The topological polar surface area (TPSA) is 119 Å². The van der Waals surface area contributed by atoms with E-state index in [9.17, 15) is 14.4 Å². The molecule has 0 aliphatic rings. The van der Waals surface area contributed by atoms with E-state index in [4.69, 9.17) is 27.5 Å². The van der Waals surface area contributed by atoms with Crippen molar-refractivity contribution in [3.8, 4) is 11.5 Å². The minimum absolute atomic E-state index is 0.230. The molecule has 0 fully saturated rings. The average Bonchev–Trinajstić information content (AvgIpc) is 2.94. The zero-order chi connectivity index (χ0) is 31.0. The van der Waals surface area contributed by atoms with Crippen LogP contribution in [0.15, 0.2) is 48.5 Å². The van der Waals surface area contributed by atoms with Crippen molar-refractivity contribution >= 4 is 26.8 Å². The lowest BCUT2D eigenvalue weighted by Gasteiger charge is -2.31. The largest absolute Gasteiger partial charge is 0.500 e. The third-order valence-electron chi connectivity index (χ3n) is 6.58. The molecule has 2 aromatic carbocycles. The highest BCUT2D eigenvalue weighted by Gasteiger charge is 2.39. The molecule has 2 aromatic rings. The molecular weight excluding hydrogens is 558 g/mol. The van der Waals surface area contributed by atoms with Gasteiger partial charge in [-0.25, -0.2) is 4.79 Å². The number of benzene rings is 2. The van der Waals surface area contributed by atoms with Crippen molar-refractivity contribution in [3.63, 3.8) is 0 Å². The van der Waals surface area contributed by atoms with E-state index >= 15 is 0 Å². The summed E-state index contributed by atoms with van der Waals surface area (Å²) in [6.07, 6.45) is 1.41. The molecule has 0 bridgehead atoms. The van der Waals surface area contributed by atoms with Crippen LogP contribution in [0.25, 0.3) is 0 Å². The van der Waals surface area contributed by atoms with Crippen molar-refractivity contribution in [1.29, 1.82) is 0 Å². The van der Waals surface area contributed by atoms with Crippen molar-refractivity contribution in [2.75, 3.05) is 33.0 Å². The summed E-state index contributed by atoms with van der Waals surface area (Å²) in [5.41, 5.74) is 1.53. The molecule has 0 spiro atoms. The van der Waals surface area contributed by atoms with Gasteiger partial charge in [-0.05, 0) is 75.4 Å². The van der Waals surface area contributed by atoms with Gasteiger partial charge in [-0.2, -0.15) is 0 Å². The van der Waals surface area contributed by atoms with Crippen LogP contribution in [0.2, 0.25) is 6.04 Å². The number of hydrogen-bond acceptors (Lipinski definition) is 9. The second kappa shape index (κ2) is 17.6. The summed E-state index contributed by atoms with van der Waals surface area (Å²) in [5.74, 6) is 0.146. The first-order chi connectivity index (χ1) is 20.1.